The van der Waals surface area contributed by atoms with E-state index in [-0.39, 0.29) is 6.61 Å². The van der Waals surface area contributed by atoms with E-state index in [1.54, 1.807) is 6.07 Å². The smallest absolute Gasteiger partial charge is 0.138 e. The lowest BCUT2D eigenvalue weighted by Gasteiger charge is -2.22. The van der Waals surface area contributed by atoms with Crippen molar-refractivity contribution in [3.63, 3.8) is 0 Å². The Balaban J connectivity index is 1.60. The first-order valence-corrected chi connectivity index (χ1v) is 8.63. The van der Waals surface area contributed by atoms with Crippen LogP contribution in [-0.2, 0) is 0 Å². The molecule has 0 amide bonds. The van der Waals surface area contributed by atoms with Gasteiger partial charge in [-0.15, -0.1) is 0 Å². The molecule has 1 aromatic rings. The molecular weight excluding hydrogens is 294 g/mol. The molecule has 0 saturated carbocycles. The summed E-state index contributed by atoms with van der Waals surface area (Å²) in [6, 6.07) is 7.31. The Labute approximate surface area is 130 Å². The lowest BCUT2D eigenvalue weighted by atomic mass is 10.0. The first-order chi connectivity index (χ1) is 9.75. The van der Waals surface area contributed by atoms with Crippen LogP contribution in [0.5, 0.6) is 5.75 Å². The molecule has 20 heavy (non-hydrogen) atoms. The highest BCUT2D eigenvalue weighted by Crippen LogP contribution is 2.23. The fraction of sp³-hybridized carbons (Fsp3) is 0.600. The Kier molecular flexibility index (Phi) is 7.00. The number of ether oxygens (including phenoxy) is 1. The molecular formula is C15H22ClNO2S. The van der Waals surface area contributed by atoms with Crippen molar-refractivity contribution in [2.24, 2.45) is 5.92 Å². The molecule has 0 aliphatic carbocycles. The van der Waals surface area contributed by atoms with Crippen molar-refractivity contribution in [3.05, 3.63) is 29.3 Å². The van der Waals surface area contributed by atoms with Crippen LogP contribution in [-0.4, -0.2) is 42.4 Å². The molecule has 1 unspecified atom stereocenters. The summed E-state index contributed by atoms with van der Waals surface area (Å²) >= 11 is 8.03. The summed E-state index contributed by atoms with van der Waals surface area (Å²) in [4.78, 5) is 0. The van der Waals surface area contributed by atoms with Crippen molar-refractivity contribution in [3.8, 4) is 5.75 Å². The number of hydrogen-bond donors (Lipinski definition) is 2. The molecule has 1 fully saturated rings. The standard InChI is InChI=1S/C15H22ClNO2S/c16-14-3-1-2-4-15(14)19-11-13(18)10-17-9-12-5-7-20-8-6-12/h1-4,12-13,17-18H,5-11H2. The van der Waals surface area contributed by atoms with E-state index in [0.717, 1.165) is 12.5 Å². The number of nitrogens with one attached hydrogen (secondary N) is 1. The largest absolute Gasteiger partial charge is 0.489 e. The van der Waals surface area contributed by atoms with Gasteiger partial charge in [-0.3, -0.25) is 0 Å². The second-order valence-electron chi connectivity index (χ2n) is 5.11. The summed E-state index contributed by atoms with van der Waals surface area (Å²) in [7, 11) is 0. The summed E-state index contributed by atoms with van der Waals surface area (Å²) in [5.74, 6) is 3.92. The Hall–Kier alpha value is -0.420. The zero-order valence-corrected chi connectivity index (χ0v) is 13.1. The Morgan fingerprint density at radius 2 is 2.10 bits per heavy atom. The zero-order chi connectivity index (χ0) is 14.2. The fourth-order valence-electron chi connectivity index (χ4n) is 2.21. The van der Waals surface area contributed by atoms with Crippen LogP contribution in [0.4, 0.5) is 0 Å². The van der Waals surface area contributed by atoms with Crippen LogP contribution in [0.15, 0.2) is 24.3 Å². The van der Waals surface area contributed by atoms with Crippen molar-refractivity contribution in [2.75, 3.05) is 31.2 Å². The molecule has 1 saturated heterocycles. The van der Waals surface area contributed by atoms with Gasteiger partial charge in [0, 0.05) is 6.54 Å². The monoisotopic (exact) mass is 315 g/mol. The minimum absolute atomic E-state index is 0.261. The molecule has 5 heteroatoms. The number of rotatable bonds is 7. The van der Waals surface area contributed by atoms with Crippen LogP contribution in [0.1, 0.15) is 12.8 Å². The number of thioether (sulfide) groups is 1. The van der Waals surface area contributed by atoms with Gasteiger partial charge < -0.3 is 15.2 Å². The van der Waals surface area contributed by atoms with Gasteiger partial charge in [-0.1, -0.05) is 23.7 Å². The van der Waals surface area contributed by atoms with Gasteiger partial charge in [0.1, 0.15) is 18.5 Å². The summed E-state index contributed by atoms with van der Waals surface area (Å²) in [5.41, 5.74) is 0. The van der Waals surface area contributed by atoms with E-state index in [0.29, 0.717) is 17.3 Å². The number of aliphatic hydroxyl groups is 1. The quantitative estimate of drug-likeness (QED) is 0.812. The van der Waals surface area contributed by atoms with Gasteiger partial charge in [-0.2, -0.15) is 11.8 Å². The van der Waals surface area contributed by atoms with Crippen molar-refractivity contribution in [1.82, 2.24) is 5.32 Å². The molecule has 0 radical (unpaired) electrons. The first kappa shape index (κ1) is 16.0. The van der Waals surface area contributed by atoms with E-state index in [1.807, 2.05) is 30.0 Å². The maximum Gasteiger partial charge on any atom is 0.138 e. The highest BCUT2D eigenvalue weighted by Gasteiger charge is 2.14. The number of aliphatic hydroxyl groups excluding tert-OH is 1. The van der Waals surface area contributed by atoms with Crippen molar-refractivity contribution in [2.45, 2.75) is 18.9 Å². The maximum atomic E-state index is 9.90. The van der Waals surface area contributed by atoms with Crippen molar-refractivity contribution >= 4 is 23.4 Å². The van der Waals surface area contributed by atoms with Gasteiger partial charge in [-0.25, -0.2) is 0 Å². The molecule has 2 N–H and O–H groups in total. The fourth-order valence-corrected chi connectivity index (χ4v) is 3.61. The lowest BCUT2D eigenvalue weighted by Crippen LogP contribution is -2.35. The van der Waals surface area contributed by atoms with E-state index >= 15 is 0 Å². The van der Waals surface area contributed by atoms with E-state index in [1.165, 1.54) is 24.3 Å². The Bertz CT molecular complexity index is 399. The van der Waals surface area contributed by atoms with Crippen LogP contribution < -0.4 is 10.1 Å². The molecule has 0 aromatic heterocycles. The molecule has 1 aliphatic rings. The SMILES string of the molecule is OC(CNCC1CCSCC1)COc1ccccc1Cl. The lowest BCUT2D eigenvalue weighted by molar-refractivity contribution is 0.105. The van der Waals surface area contributed by atoms with Crippen LogP contribution in [0.2, 0.25) is 5.02 Å². The van der Waals surface area contributed by atoms with Crippen molar-refractivity contribution in [1.29, 1.82) is 0 Å². The Morgan fingerprint density at radius 3 is 2.85 bits per heavy atom. The highest BCUT2D eigenvalue weighted by molar-refractivity contribution is 7.99. The van der Waals surface area contributed by atoms with Crippen LogP contribution >= 0.6 is 23.4 Å². The van der Waals surface area contributed by atoms with Crippen LogP contribution in [0.3, 0.4) is 0 Å². The predicted molar refractivity (Wildman–Crippen MR) is 85.9 cm³/mol. The third-order valence-electron chi connectivity index (χ3n) is 3.42. The Morgan fingerprint density at radius 1 is 1.35 bits per heavy atom. The number of benzene rings is 1. The molecule has 0 spiro atoms. The third kappa shape index (κ3) is 5.52. The molecule has 1 aromatic carbocycles. The van der Waals surface area contributed by atoms with E-state index in [4.69, 9.17) is 16.3 Å². The summed E-state index contributed by atoms with van der Waals surface area (Å²) in [5, 5.41) is 13.8. The van der Waals surface area contributed by atoms with Crippen molar-refractivity contribution < 1.29 is 9.84 Å². The van der Waals surface area contributed by atoms with E-state index in [9.17, 15) is 5.11 Å². The minimum atomic E-state index is -0.510. The first-order valence-electron chi connectivity index (χ1n) is 7.09. The average Bonchev–Trinajstić information content (AvgIpc) is 2.47. The van der Waals surface area contributed by atoms with E-state index < -0.39 is 6.10 Å². The number of para-hydroxylation sites is 1. The topological polar surface area (TPSA) is 41.5 Å². The second-order valence-corrected chi connectivity index (χ2v) is 6.74. The van der Waals surface area contributed by atoms with Gasteiger partial charge in [0.05, 0.1) is 5.02 Å². The summed E-state index contributed by atoms with van der Waals surface area (Å²) in [6.07, 6.45) is 2.05. The molecule has 1 atom stereocenters. The van der Waals surface area contributed by atoms with Gasteiger partial charge in [0.15, 0.2) is 0 Å². The zero-order valence-electron chi connectivity index (χ0n) is 11.6. The number of halogens is 1. The molecule has 112 valence electrons. The second kappa shape index (κ2) is 8.78. The van der Waals surface area contributed by atoms with Gasteiger partial charge in [0.2, 0.25) is 0 Å². The van der Waals surface area contributed by atoms with Crippen LogP contribution in [0, 0.1) is 5.92 Å². The molecule has 1 aliphatic heterocycles. The third-order valence-corrected chi connectivity index (χ3v) is 4.78. The molecule has 3 nitrogen and oxygen atoms in total. The summed E-state index contributed by atoms with van der Waals surface area (Å²) in [6.45, 7) is 1.81. The predicted octanol–water partition coefficient (Wildman–Crippen LogP) is 2.81. The van der Waals surface area contributed by atoms with Crippen LogP contribution in [0.25, 0.3) is 0 Å². The number of hydrogen-bond acceptors (Lipinski definition) is 4. The van der Waals surface area contributed by atoms with Gasteiger partial charge in [-0.05, 0) is 48.9 Å². The maximum absolute atomic E-state index is 9.90. The molecule has 1 heterocycles. The molecule has 2 rings (SSSR count). The average molecular weight is 316 g/mol. The highest BCUT2D eigenvalue weighted by atomic mass is 35.5. The summed E-state index contributed by atoms with van der Waals surface area (Å²) < 4.78 is 5.52. The van der Waals surface area contributed by atoms with Gasteiger partial charge in [0.25, 0.3) is 0 Å². The molecule has 0 bridgehead atoms. The normalized spacial score (nSPS) is 17.9. The van der Waals surface area contributed by atoms with Gasteiger partial charge >= 0.3 is 0 Å². The minimum Gasteiger partial charge on any atom is -0.489 e. The van der Waals surface area contributed by atoms with E-state index in [2.05, 4.69) is 5.32 Å².